The lowest BCUT2D eigenvalue weighted by Gasteiger charge is -2.12. The molecule has 4 nitrogen and oxygen atoms in total. The van der Waals surface area contributed by atoms with Crippen LogP contribution in [-0.2, 0) is 6.54 Å². The Kier molecular flexibility index (Phi) is 4.07. The maximum absolute atomic E-state index is 13.4. The van der Waals surface area contributed by atoms with Gasteiger partial charge in [0.15, 0.2) is 0 Å². The minimum Gasteiger partial charge on any atom is -0.387 e. The van der Waals surface area contributed by atoms with Crippen molar-refractivity contribution in [2.75, 3.05) is 6.54 Å². The number of rotatable bonds is 5. The van der Waals surface area contributed by atoms with Crippen LogP contribution in [0, 0.1) is 12.7 Å². The van der Waals surface area contributed by atoms with Crippen molar-refractivity contribution in [3.8, 4) is 0 Å². The van der Waals surface area contributed by atoms with Gasteiger partial charge >= 0.3 is 0 Å². The van der Waals surface area contributed by atoms with Gasteiger partial charge in [-0.05, 0) is 13.0 Å². The maximum atomic E-state index is 13.4. The molecule has 2 aromatic rings. The highest BCUT2D eigenvalue weighted by Gasteiger charge is 2.11. The van der Waals surface area contributed by atoms with Crippen molar-refractivity contribution >= 4 is 0 Å². The molecule has 0 amide bonds. The summed E-state index contributed by atoms with van der Waals surface area (Å²) in [5.41, 5.74) is 2.34. The molecule has 0 fully saturated rings. The topological polar surface area (TPSA) is 60.9 Å². The number of nitrogens with one attached hydrogen (secondary N) is 2. The summed E-state index contributed by atoms with van der Waals surface area (Å²) in [6.07, 6.45) is 0.885. The molecule has 0 radical (unpaired) electrons. The van der Waals surface area contributed by atoms with Gasteiger partial charge in [-0.1, -0.05) is 18.2 Å². The number of aromatic nitrogens is 2. The van der Waals surface area contributed by atoms with Gasteiger partial charge in [0.1, 0.15) is 5.82 Å². The summed E-state index contributed by atoms with van der Waals surface area (Å²) in [4.78, 5) is 0. The number of aromatic amines is 1. The number of halogens is 1. The quantitative estimate of drug-likeness (QED) is 0.755. The summed E-state index contributed by atoms with van der Waals surface area (Å²) in [5, 5.41) is 19.7. The fraction of sp³-hybridized carbons (Fsp3) is 0.308. The summed E-state index contributed by atoms with van der Waals surface area (Å²) in [6, 6.07) is 6.25. The monoisotopic (exact) mass is 249 g/mol. The van der Waals surface area contributed by atoms with Crippen LogP contribution in [-0.4, -0.2) is 21.8 Å². The van der Waals surface area contributed by atoms with E-state index >= 15 is 0 Å². The second-order valence-corrected chi connectivity index (χ2v) is 4.19. The number of hydrogen-bond donors (Lipinski definition) is 3. The van der Waals surface area contributed by atoms with Gasteiger partial charge in [-0.3, -0.25) is 5.10 Å². The SMILES string of the molecule is Cc1[nH]ncc1CNC[C@@H](O)c1ccccc1F. The fourth-order valence-electron chi connectivity index (χ4n) is 1.75. The Morgan fingerprint density at radius 3 is 2.89 bits per heavy atom. The highest BCUT2D eigenvalue weighted by Crippen LogP contribution is 2.15. The third-order valence-corrected chi connectivity index (χ3v) is 2.85. The van der Waals surface area contributed by atoms with Crippen LogP contribution in [0.4, 0.5) is 4.39 Å². The molecule has 2 rings (SSSR count). The molecule has 0 bridgehead atoms. The third kappa shape index (κ3) is 2.94. The van der Waals surface area contributed by atoms with Gasteiger partial charge in [0.25, 0.3) is 0 Å². The molecule has 1 heterocycles. The van der Waals surface area contributed by atoms with Crippen molar-refractivity contribution in [2.24, 2.45) is 0 Å². The Labute approximate surface area is 105 Å². The number of aliphatic hydroxyl groups excluding tert-OH is 1. The summed E-state index contributed by atoms with van der Waals surface area (Å²) in [5.74, 6) is -0.383. The second kappa shape index (κ2) is 5.75. The lowest BCUT2D eigenvalue weighted by molar-refractivity contribution is 0.169. The summed E-state index contributed by atoms with van der Waals surface area (Å²) < 4.78 is 13.4. The number of nitrogens with zero attached hydrogens (tertiary/aromatic N) is 1. The van der Waals surface area contributed by atoms with E-state index in [1.54, 1.807) is 24.4 Å². The van der Waals surface area contributed by atoms with E-state index in [1.165, 1.54) is 6.07 Å². The molecular formula is C13H16FN3O. The Balaban J connectivity index is 1.87. The molecule has 0 aliphatic carbocycles. The molecule has 0 spiro atoms. The first-order valence-corrected chi connectivity index (χ1v) is 5.80. The number of hydrogen-bond acceptors (Lipinski definition) is 3. The van der Waals surface area contributed by atoms with Crippen LogP contribution in [0.3, 0.4) is 0 Å². The minimum absolute atomic E-state index is 0.297. The van der Waals surface area contributed by atoms with E-state index in [2.05, 4.69) is 15.5 Å². The van der Waals surface area contributed by atoms with Gasteiger partial charge < -0.3 is 10.4 Å². The van der Waals surface area contributed by atoms with Crippen molar-refractivity contribution in [3.05, 3.63) is 53.1 Å². The first-order chi connectivity index (χ1) is 8.68. The highest BCUT2D eigenvalue weighted by molar-refractivity contribution is 5.20. The van der Waals surface area contributed by atoms with Crippen molar-refractivity contribution in [3.63, 3.8) is 0 Å². The average Bonchev–Trinajstić information content (AvgIpc) is 2.75. The first kappa shape index (κ1) is 12.7. The predicted octanol–water partition coefficient (Wildman–Crippen LogP) is 1.68. The zero-order valence-electron chi connectivity index (χ0n) is 10.2. The van der Waals surface area contributed by atoms with E-state index in [0.717, 1.165) is 11.3 Å². The lowest BCUT2D eigenvalue weighted by atomic mass is 10.1. The molecular weight excluding hydrogens is 233 g/mol. The normalized spacial score (nSPS) is 12.6. The van der Waals surface area contributed by atoms with Crippen molar-refractivity contribution < 1.29 is 9.50 Å². The lowest BCUT2D eigenvalue weighted by Crippen LogP contribution is -2.21. The van der Waals surface area contributed by atoms with Crippen LogP contribution in [0.2, 0.25) is 0 Å². The van der Waals surface area contributed by atoms with Crippen LogP contribution in [0.15, 0.2) is 30.5 Å². The Morgan fingerprint density at radius 2 is 2.22 bits per heavy atom. The van der Waals surface area contributed by atoms with E-state index in [4.69, 9.17) is 0 Å². The van der Waals surface area contributed by atoms with Crippen LogP contribution < -0.4 is 5.32 Å². The van der Waals surface area contributed by atoms with Crippen molar-refractivity contribution in [2.45, 2.75) is 19.6 Å². The molecule has 3 N–H and O–H groups in total. The molecule has 1 atom stereocenters. The van der Waals surface area contributed by atoms with Crippen LogP contribution in [0.25, 0.3) is 0 Å². The first-order valence-electron chi connectivity index (χ1n) is 5.80. The molecule has 1 aromatic carbocycles. The maximum Gasteiger partial charge on any atom is 0.129 e. The van der Waals surface area contributed by atoms with Gasteiger partial charge in [0.2, 0.25) is 0 Å². The van der Waals surface area contributed by atoms with Crippen molar-refractivity contribution in [1.82, 2.24) is 15.5 Å². The zero-order chi connectivity index (χ0) is 13.0. The standard InChI is InChI=1S/C13H16FN3O/c1-9-10(7-16-17-9)6-15-8-13(18)11-4-2-3-5-12(11)14/h2-5,7,13,15,18H,6,8H2,1H3,(H,16,17)/t13-/m1/s1. The van der Waals surface area contributed by atoms with Gasteiger partial charge in [0.05, 0.1) is 12.3 Å². The number of aryl methyl sites for hydroxylation is 1. The molecule has 0 saturated carbocycles. The minimum atomic E-state index is -0.849. The van der Waals surface area contributed by atoms with Gasteiger partial charge in [0, 0.05) is 29.9 Å². The van der Waals surface area contributed by atoms with E-state index < -0.39 is 6.10 Å². The number of H-pyrrole nitrogens is 1. The third-order valence-electron chi connectivity index (χ3n) is 2.85. The largest absolute Gasteiger partial charge is 0.387 e. The smallest absolute Gasteiger partial charge is 0.129 e. The summed E-state index contributed by atoms with van der Waals surface area (Å²) in [7, 11) is 0. The van der Waals surface area contributed by atoms with Gasteiger partial charge in [-0.25, -0.2) is 4.39 Å². The Bertz CT molecular complexity index is 512. The van der Waals surface area contributed by atoms with Crippen LogP contribution >= 0.6 is 0 Å². The van der Waals surface area contributed by atoms with Crippen molar-refractivity contribution in [1.29, 1.82) is 0 Å². The Morgan fingerprint density at radius 1 is 1.44 bits per heavy atom. The molecule has 0 aliphatic heterocycles. The number of aliphatic hydroxyl groups is 1. The molecule has 0 aliphatic rings. The summed E-state index contributed by atoms with van der Waals surface area (Å²) >= 11 is 0. The molecule has 1 aromatic heterocycles. The highest BCUT2D eigenvalue weighted by atomic mass is 19.1. The Hall–Kier alpha value is -1.72. The molecule has 18 heavy (non-hydrogen) atoms. The van der Waals surface area contributed by atoms with Gasteiger partial charge in [-0.2, -0.15) is 5.10 Å². The average molecular weight is 249 g/mol. The van der Waals surface area contributed by atoms with Crippen LogP contribution in [0.1, 0.15) is 22.9 Å². The molecule has 0 saturated heterocycles. The molecule has 5 heteroatoms. The zero-order valence-corrected chi connectivity index (χ0v) is 10.2. The van der Waals surface area contributed by atoms with E-state index in [0.29, 0.717) is 18.7 Å². The second-order valence-electron chi connectivity index (χ2n) is 4.19. The van der Waals surface area contributed by atoms with Crippen LogP contribution in [0.5, 0.6) is 0 Å². The molecule has 0 unspecified atom stereocenters. The van der Waals surface area contributed by atoms with E-state index in [-0.39, 0.29) is 5.82 Å². The predicted molar refractivity (Wildman–Crippen MR) is 66.4 cm³/mol. The molecule has 96 valence electrons. The van der Waals surface area contributed by atoms with E-state index in [9.17, 15) is 9.50 Å². The van der Waals surface area contributed by atoms with Gasteiger partial charge in [-0.15, -0.1) is 0 Å². The van der Waals surface area contributed by atoms with E-state index in [1.807, 2.05) is 6.92 Å². The number of benzene rings is 1. The fourth-order valence-corrected chi connectivity index (χ4v) is 1.75. The summed E-state index contributed by atoms with van der Waals surface area (Å²) in [6.45, 7) is 2.82.